The fourth-order valence-corrected chi connectivity index (χ4v) is 4.33. The van der Waals surface area contributed by atoms with E-state index in [4.69, 9.17) is 16.3 Å². The molecule has 0 aliphatic heterocycles. The molecule has 0 aliphatic carbocycles. The van der Waals surface area contributed by atoms with Crippen LogP contribution in [0.1, 0.15) is 20.3 Å². The minimum Gasteiger partial charge on any atom is -0.382 e. The maximum absolute atomic E-state index is 13.2. The van der Waals surface area contributed by atoms with Crippen molar-refractivity contribution in [2.45, 2.75) is 37.2 Å². The van der Waals surface area contributed by atoms with Gasteiger partial charge in [0, 0.05) is 50.3 Å². The van der Waals surface area contributed by atoms with Gasteiger partial charge in [0.15, 0.2) is 5.16 Å². The Labute approximate surface area is 203 Å². The summed E-state index contributed by atoms with van der Waals surface area (Å²) in [6.45, 7) is 5.35. The number of amides is 1. The molecule has 0 spiro atoms. The molecule has 1 heterocycles. The third-order valence-electron chi connectivity index (χ3n) is 5.06. The van der Waals surface area contributed by atoms with Crippen molar-refractivity contribution in [3.8, 4) is 0 Å². The van der Waals surface area contributed by atoms with Crippen LogP contribution < -0.4 is 15.8 Å². The lowest BCUT2D eigenvalue weighted by Gasteiger charge is -2.17. The Kier molecular flexibility index (Phi) is 8.77. The van der Waals surface area contributed by atoms with Gasteiger partial charge >= 0.3 is 0 Å². The van der Waals surface area contributed by atoms with Crippen molar-refractivity contribution in [1.29, 1.82) is 0 Å². The van der Waals surface area contributed by atoms with Gasteiger partial charge in [0.1, 0.15) is 0 Å². The fourth-order valence-electron chi connectivity index (χ4n) is 3.23. The normalized spacial score (nSPS) is 12.0. The number of ether oxygens (including phenoxy) is 1. The summed E-state index contributed by atoms with van der Waals surface area (Å²) in [6, 6.07) is 12.7. The van der Waals surface area contributed by atoms with Gasteiger partial charge in [-0.15, -0.1) is 0 Å². The maximum Gasteiger partial charge on any atom is 0.262 e. The molecular weight excluding hydrogens is 460 g/mol. The zero-order valence-corrected chi connectivity index (χ0v) is 20.9. The van der Waals surface area contributed by atoms with E-state index >= 15 is 0 Å². The molecule has 1 N–H and O–H groups in total. The summed E-state index contributed by atoms with van der Waals surface area (Å²) < 4.78 is 7.04. The number of aromatic nitrogens is 2. The van der Waals surface area contributed by atoms with E-state index in [2.05, 4.69) is 10.3 Å². The first-order valence-corrected chi connectivity index (χ1v) is 12.1. The smallest absolute Gasteiger partial charge is 0.262 e. The molecule has 0 bridgehead atoms. The van der Waals surface area contributed by atoms with Gasteiger partial charge in [-0.3, -0.25) is 14.2 Å². The van der Waals surface area contributed by atoms with Gasteiger partial charge in [-0.05, 0) is 62.7 Å². The standard InChI is InChI=1S/C24H29ClN4O3S/c1-5-32-14-6-13-29-23(31)20-12-7-17(25)15-21(20)27-24(29)33-16(2)22(30)26-18-8-10-19(11-9-18)28(3)4/h7-12,15-16H,5-6,13-14H2,1-4H3,(H,26,30). The predicted octanol–water partition coefficient (Wildman–Crippen LogP) is 4.66. The maximum atomic E-state index is 13.2. The van der Waals surface area contributed by atoms with E-state index in [-0.39, 0.29) is 11.5 Å². The molecule has 0 aliphatic rings. The molecule has 0 saturated carbocycles. The van der Waals surface area contributed by atoms with Crippen molar-refractivity contribution in [2.24, 2.45) is 0 Å². The average Bonchev–Trinajstić information content (AvgIpc) is 2.78. The Bertz CT molecular complexity index is 1160. The SMILES string of the molecule is CCOCCCn1c(SC(C)C(=O)Nc2ccc(N(C)C)cc2)nc2cc(Cl)ccc2c1=O. The lowest BCUT2D eigenvalue weighted by molar-refractivity contribution is -0.115. The van der Waals surface area contributed by atoms with Crippen molar-refractivity contribution in [1.82, 2.24) is 9.55 Å². The molecule has 3 rings (SSSR count). The summed E-state index contributed by atoms with van der Waals surface area (Å²) in [5.41, 5.74) is 2.13. The van der Waals surface area contributed by atoms with Gasteiger partial charge < -0.3 is 15.0 Å². The summed E-state index contributed by atoms with van der Waals surface area (Å²) in [4.78, 5) is 32.7. The highest BCUT2D eigenvalue weighted by atomic mass is 35.5. The summed E-state index contributed by atoms with van der Waals surface area (Å²) in [5.74, 6) is -0.168. The van der Waals surface area contributed by atoms with E-state index in [0.717, 1.165) is 5.69 Å². The largest absolute Gasteiger partial charge is 0.382 e. The number of anilines is 2. The topological polar surface area (TPSA) is 76.5 Å². The molecule has 1 aromatic heterocycles. The molecule has 1 atom stereocenters. The van der Waals surface area contributed by atoms with Crippen molar-refractivity contribution < 1.29 is 9.53 Å². The van der Waals surface area contributed by atoms with Gasteiger partial charge in [0.2, 0.25) is 5.91 Å². The van der Waals surface area contributed by atoms with E-state index in [1.165, 1.54) is 11.8 Å². The monoisotopic (exact) mass is 488 g/mol. The number of hydrogen-bond donors (Lipinski definition) is 1. The average molecular weight is 489 g/mol. The zero-order valence-electron chi connectivity index (χ0n) is 19.3. The summed E-state index contributed by atoms with van der Waals surface area (Å²) in [6.07, 6.45) is 0.668. The van der Waals surface area contributed by atoms with Crippen LogP contribution in [0.15, 0.2) is 52.4 Å². The van der Waals surface area contributed by atoms with Crippen LogP contribution in [0.25, 0.3) is 10.9 Å². The van der Waals surface area contributed by atoms with Crippen molar-refractivity contribution in [3.63, 3.8) is 0 Å². The first kappa shape index (κ1) is 25.1. The van der Waals surface area contributed by atoms with E-state index < -0.39 is 5.25 Å². The van der Waals surface area contributed by atoms with Crippen LogP contribution >= 0.6 is 23.4 Å². The summed E-state index contributed by atoms with van der Waals surface area (Å²) >= 11 is 7.37. The number of hydrogen-bond acceptors (Lipinski definition) is 6. The number of halogens is 1. The quantitative estimate of drug-likeness (QED) is 0.254. The second-order valence-corrected chi connectivity index (χ2v) is 9.50. The van der Waals surface area contributed by atoms with E-state index in [0.29, 0.717) is 52.9 Å². The molecule has 33 heavy (non-hydrogen) atoms. The molecule has 1 amide bonds. The Hall–Kier alpha value is -2.55. The molecule has 7 nitrogen and oxygen atoms in total. The second kappa shape index (κ2) is 11.5. The van der Waals surface area contributed by atoms with Crippen molar-refractivity contribution in [2.75, 3.05) is 37.5 Å². The minimum atomic E-state index is -0.472. The van der Waals surface area contributed by atoms with Crippen molar-refractivity contribution in [3.05, 3.63) is 57.8 Å². The molecule has 9 heteroatoms. The number of benzene rings is 2. The molecule has 3 aromatic rings. The summed E-state index contributed by atoms with van der Waals surface area (Å²) in [5, 5.41) is 3.95. The van der Waals surface area contributed by atoms with E-state index in [1.54, 1.807) is 29.7 Å². The minimum absolute atomic E-state index is 0.150. The number of carbonyl (C=O) groups is 1. The zero-order chi connectivity index (χ0) is 24.0. The number of carbonyl (C=O) groups excluding carboxylic acids is 1. The van der Waals surface area contributed by atoms with Crippen LogP contribution in [0, 0.1) is 0 Å². The first-order valence-electron chi connectivity index (χ1n) is 10.8. The van der Waals surface area contributed by atoms with Crippen LogP contribution in [-0.2, 0) is 16.1 Å². The molecule has 0 radical (unpaired) electrons. The van der Waals surface area contributed by atoms with Gasteiger partial charge in [-0.25, -0.2) is 4.98 Å². The number of nitrogens with zero attached hydrogens (tertiary/aromatic N) is 3. The highest BCUT2D eigenvalue weighted by Crippen LogP contribution is 2.25. The number of fused-ring (bicyclic) bond motifs is 1. The lowest BCUT2D eigenvalue weighted by Crippen LogP contribution is -2.27. The van der Waals surface area contributed by atoms with Crippen LogP contribution in [0.4, 0.5) is 11.4 Å². The molecule has 176 valence electrons. The fraction of sp³-hybridized carbons (Fsp3) is 0.375. The Balaban J connectivity index is 1.82. The summed E-state index contributed by atoms with van der Waals surface area (Å²) in [7, 11) is 3.92. The first-order chi connectivity index (χ1) is 15.8. The third-order valence-corrected chi connectivity index (χ3v) is 6.38. The second-order valence-electron chi connectivity index (χ2n) is 7.75. The molecule has 0 fully saturated rings. The Morgan fingerprint density at radius 3 is 2.64 bits per heavy atom. The van der Waals surface area contributed by atoms with E-state index in [1.807, 2.05) is 50.2 Å². The van der Waals surface area contributed by atoms with Gasteiger partial charge in [-0.1, -0.05) is 23.4 Å². The van der Waals surface area contributed by atoms with Gasteiger partial charge in [0.05, 0.1) is 16.2 Å². The number of rotatable bonds is 10. The van der Waals surface area contributed by atoms with Crippen LogP contribution in [0.5, 0.6) is 0 Å². The Morgan fingerprint density at radius 2 is 1.97 bits per heavy atom. The Morgan fingerprint density at radius 1 is 1.24 bits per heavy atom. The third kappa shape index (κ3) is 6.50. The highest BCUT2D eigenvalue weighted by Gasteiger charge is 2.20. The van der Waals surface area contributed by atoms with Crippen LogP contribution in [0.3, 0.4) is 0 Å². The molecule has 2 aromatic carbocycles. The predicted molar refractivity (Wildman–Crippen MR) is 137 cm³/mol. The van der Waals surface area contributed by atoms with Crippen molar-refractivity contribution >= 4 is 51.5 Å². The van der Waals surface area contributed by atoms with E-state index in [9.17, 15) is 9.59 Å². The van der Waals surface area contributed by atoms with Gasteiger partial charge in [0.25, 0.3) is 5.56 Å². The van der Waals surface area contributed by atoms with Gasteiger partial charge in [-0.2, -0.15) is 0 Å². The molecular formula is C24H29ClN4O3S. The van der Waals surface area contributed by atoms with Crippen LogP contribution in [0.2, 0.25) is 5.02 Å². The van der Waals surface area contributed by atoms with Crippen LogP contribution in [-0.4, -0.2) is 48.0 Å². The number of nitrogens with one attached hydrogen (secondary N) is 1. The number of thioether (sulfide) groups is 1. The lowest BCUT2D eigenvalue weighted by atomic mass is 10.2. The highest BCUT2D eigenvalue weighted by molar-refractivity contribution is 8.00. The molecule has 0 saturated heterocycles. The molecule has 1 unspecified atom stereocenters.